The molecule has 0 bridgehead atoms. The molecule has 2 rings (SSSR count). The zero-order valence-corrected chi connectivity index (χ0v) is 18.3. The Morgan fingerprint density at radius 2 is 1.82 bits per heavy atom. The third-order valence-corrected chi connectivity index (χ3v) is 5.35. The van der Waals surface area contributed by atoms with Crippen LogP contribution in [0.3, 0.4) is 0 Å². The molecule has 28 heavy (non-hydrogen) atoms. The minimum atomic E-state index is -1.35. The van der Waals surface area contributed by atoms with Crippen molar-refractivity contribution < 1.29 is 23.8 Å². The molecular formula is C21H28Cl2O5. The van der Waals surface area contributed by atoms with E-state index < -0.39 is 22.9 Å². The summed E-state index contributed by atoms with van der Waals surface area (Å²) in [6.07, 6.45) is 1.82. The number of hydrogen-bond acceptors (Lipinski definition) is 5. The van der Waals surface area contributed by atoms with Gasteiger partial charge < -0.3 is 14.2 Å². The standard InChI is InChI=1S/C21H28Cl2O5/c1-5-26-19(25)21(12-10-14(11-13-21)27-20(2,3)4)28-18(24)17(23)15-8-6-7-9-16(15)22/h6-9,14,17H,5,10-13H2,1-4H3. The predicted octanol–water partition coefficient (Wildman–Crippen LogP) is 5.22. The molecule has 0 aliphatic heterocycles. The first-order valence-corrected chi connectivity index (χ1v) is 10.4. The smallest absolute Gasteiger partial charge is 0.350 e. The van der Waals surface area contributed by atoms with Crippen LogP contribution in [0.2, 0.25) is 5.02 Å². The molecule has 0 aromatic heterocycles. The molecule has 0 saturated heterocycles. The van der Waals surface area contributed by atoms with E-state index >= 15 is 0 Å². The van der Waals surface area contributed by atoms with Crippen molar-refractivity contribution in [1.29, 1.82) is 0 Å². The van der Waals surface area contributed by atoms with Gasteiger partial charge in [-0.15, -0.1) is 11.6 Å². The van der Waals surface area contributed by atoms with E-state index in [0.717, 1.165) is 0 Å². The fourth-order valence-electron chi connectivity index (χ4n) is 3.34. The lowest BCUT2D eigenvalue weighted by Crippen LogP contribution is -2.49. The molecule has 1 atom stereocenters. The number of ether oxygens (including phenoxy) is 3. The Morgan fingerprint density at radius 3 is 2.36 bits per heavy atom. The molecular weight excluding hydrogens is 403 g/mol. The van der Waals surface area contributed by atoms with E-state index in [4.69, 9.17) is 37.4 Å². The highest BCUT2D eigenvalue weighted by molar-refractivity contribution is 6.35. The lowest BCUT2D eigenvalue weighted by Gasteiger charge is -2.39. The van der Waals surface area contributed by atoms with Crippen LogP contribution < -0.4 is 0 Å². The van der Waals surface area contributed by atoms with Gasteiger partial charge in [-0.25, -0.2) is 4.79 Å². The van der Waals surface area contributed by atoms with Crippen LogP contribution in [0.25, 0.3) is 0 Å². The molecule has 0 N–H and O–H groups in total. The molecule has 0 radical (unpaired) electrons. The topological polar surface area (TPSA) is 61.8 Å². The van der Waals surface area contributed by atoms with E-state index in [0.29, 0.717) is 36.3 Å². The molecule has 156 valence electrons. The summed E-state index contributed by atoms with van der Waals surface area (Å²) in [5, 5.41) is -0.740. The Morgan fingerprint density at radius 1 is 1.21 bits per heavy atom. The van der Waals surface area contributed by atoms with Crippen LogP contribution in [-0.4, -0.2) is 35.9 Å². The molecule has 1 unspecified atom stereocenters. The minimum absolute atomic E-state index is 0.00313. The molecule has 1 saturated carbocycles. The largest absolute Gasteiger partial charge is 0.463 e. The Balaban J connectivity index is 2.15. The van der Waals surface area contributed by atoms with Crippen LogP contribution in [0, 0.1) is 0 Å². The Labute approximate surface area is 176 Å². The lowest BCUT2D eigenvalue weighted by atomic mass is 9.82. The third kappa shape index (κ3) is 5.85. The molecule has 1 fully saturated rings. The summed E-state index contributed by atoms with van der Waals surface area (Å²) in [5.74, 6) is -1.25. The maximum absolute atomic E-state index is 12.7. The molecule has 0 spiro atoms. The van der Waals surface area contributed by atoms with E-state index in [-0.39, 0.29) is 18.3 Å². The molecule has 5 nitrogen and oxygen atoms in total. The summed E-state index contributed by atoms with van der Waals surface area (Å²) in [4.78, 5) is 25.4. The zero-order valence-electron chi connectivity index (χ0n) is 16.8. The van der Waals surface area contributed by atoms with E-state index in [9.17, 15) is 9.59 Å². The van der Waals surface area contributed by atoms with Gasteiger partial charge in [0, 0.05) is 17.9 Å². The normalized spacial score (nSPS) is 23.7. The van der Waals surface area contributed by atoms with Crippen molar-refractivity contribution in [3.8, 4) is 0 Å². The molecule has 0 amide bonds. The van der Waals surface area contributed by atoms with Gasteiger partial charge in [-0.2, -0.15) is 0 Å². The zero-order chi connectivity index (χ0) is 20.9. The van der Waals surface area contributed by atoms with E-state index in [1.165, 1.54) is 0 Å². The number of alkyl halides is 1. The van der Waals surface area contributed by atoms with Gasteiger partial charge in [-0.1, -0.05) is 29.8 Å². The highest BCUT2D eigenvalue weighted by Gasteiger charge is 2.48. The van der Waals surface area contributed by atoms with Crippen LogP contribution >= 0.6 is 23.2 Å². The number of carbonyl (C=O) groups excluding carboxylic acids is 2. The summed E-state index contributed by atoms with van der Waals surface area (Å²) in [6.45, 7) is 7.89. The maximum Gasteiger partial charge on any atom is 0.350 e. The second kappa shape index (κ2) is 9.47. The number of hydrogen-bond donors (Lipinski definition) is 0. The van der Waals surface area contributed by atoms with Gasteiger partial charge in [0.25, 0.3) is 0 Å². The van der Waals surface area contributed by atoms with Gasteiger partial charge in [0.05, 0.1) is 18.3 Å². The monoisotopic (exact) mass is 430 g/mol. The van der Waals surface area contributed by atoms with Gasteiger partial charge in [-0.05, 0) is 52.2 Å². The van der Waals surface area contributed by atoms with E-state index in [2.05, 4.69) is 0 Å². The van der Waals surface area contributed by atoms with Crippen LogP contribution in [-0.2, 0) is 23.8 Å². The lowest BCUT2D eigenvalue weighted by molar-refractivity contribution is -0.192. The minimum Gasteiger partial charge on any atom is -0.463 e. The summed E-state index contributed by atoms with van der Waals surface area (Å²) in [6, 6.07) is 6.79. The first-order valence-electron chi connectivity index (χ1n) is 9.54. The van der Waals surface area contributed by atoms with Crippen molar-refractivity contribution in [1.82, 2.24) is 0 Å². The summed E-state index contributed by atoms with van der Waals surface area (Å²) < 4.78 is 16.9. The van der Waals surface area contributed by atoms with Crippen molar-refractivity contribution in [2.45, 2.75) is 76.1 Å². The Kier molecular flexibility index (Phi) is 7.77. The molecule has 7 heteroatoms. The van der Waals surface area contributed by atoms with Crippen LogP contribution in [0.4, 0.5) is 0 Å². The van der Waals surface area contributed by atoms with Gasteiger partial charge in [0.15, 0.2) is 5.38 Å². The predicted molar refractivity (Wildman–Crippen MR) is 109 cm³/mol. The first-order chi connectivity index (χ1) is 13.1. The quantitative estimate of drug-likeness (QED) is 0.456. The first kappa shape index (κ1) is 23.0. The van der Waals surface area contributed by atoms with Crippen molar-refractivity contribution in [3.63, 3.8) is 0 Å². The number of halogens is 2. The Hall–Kier alpha value is -1.30. The van der Waals surface area contributed by atoms with Crippen molar-refractivity contribution in [2.75, 3.05) is 6.61 Å². The number of rotatable bonds is 6. The van der Waals surface area contributed by atoms with Gasteiger partial charge >= 0.3 is 11.9 Å². The van der Waals surface area contributed by atoms with E-state index in [1.807, 2.05) is 20.8 Å². The van der Waals surface area contributed by atoms with Gasteiger partial charge in [0.1, 0.15) is 0 Å². The molecule has 0 heterocycles. The highest BCUT2D eigenvalue weighted by Crippen LogP contribution is 2.38. The SMILES string of the molecule is CCOC(=O)C1(OC(=O)C(Cl)c2ccccc2Cl)CCC(OC(C)(C)C)CC1. The van der Waals surface area contributed by atoms with Gasteiger partial charge in [-0.3, -0.25) is 4.79 Å². The Bertz CT molecular complexity index is 690. The van der Waals surface area contributed by atoms with Crippen LogP contribution in [0.5, 0.6) is 0 Å². The highest BCUT2D eigenvalue weighted by atomic mass is 35.5. The fraction of sp³-hybridized carbons (Fsp3) is 0.619. The van der Waals surface area contributed by atoms with Gasteiger partial charge in [0.2, 0.25) is 5.60 Å². The van der Waals surface area contributed by atoms with Crippen molar-refractivity contribution in [2.24, 2.45) is 0 Å². The average Bonchev–Trinajstić information content (AvgIpc) is 2.62. The van der Waals surface area contributed by atoms with E-state index in [1.54, 1.807) is 31.2 Å². The second-order valence-corrected chi connectivity index (χ2v) is 8.79. The van der Waals surface area contributed by atoms with Crippen LogP contribution in [0.1, 0.15) is 64.3 Å². The molecule has 1 aliphatic carbocycles. The number of carbonyl (C=O) groups is 2. The molecule has 1 aliphatic rings. The average molecular weight is 431 g/mol. The molecule has 1 aromatic rings. The van der Waals surface area contributed by atoms with Crippen molar-refractivity contribution in [3.05, 3.63) is 34.9 Å². The van der Waals surface area contributed by atoms with Crippen LogP contribution in [0.15, 0.2) is 24.3 Å². The number of benzene rings is 1. The van der Waals surface area contributed by atoms with Crippen molar-refractivity contribution >= 4 is 35.1 Å². The molecule has 1 aromatic carbocycles. The maximum atomic E-state index is 12.7. The fourth-order valence-corrected chi connectivity index (χ4v) is 3.87. The summed E-state index contributed by atoms with van der Waals surface area (Å²) in [7, 11) is 0. The third-order valence-electron chi connectivity index (χ3n) is 4.59. The number of esters is 2. The summed E-state index contributed by atoms with van der Waals surface area (Å²) in [5.41, 5.74) is -1.19. The summed E-state index contributed by atoms with van der Waals surface area (Å²) >= 11 is 12.4. The second-order valence-electron chi connectivity index (χ2n) is 7.95.